The number of esters is 1. The number of amides is 1. The van der Waals surface area contributed by atoms with Gasteiger partial charge < -0.3 is 20.1 Å². The lowest BCUT2D eigenvalue weighted by Crippen LogP contribution is -2.46. The minimum Gasteiger partial charge on any atom is -0.464 e. The van der Waals surface area contributed by atoms with Crippen molar-refractivity contribution in [2.75, 3.05) is 19.7 Å². The predicted octanol–water partition coefficient (Wildman–Crippen LogP) is 1.83. The highest BCUT2D eigenvalue weighted by Gasteiger charge is 2.28. The Morgan fingerprint density at radius 2 is 1.90 bits per heavy atom. The number of carbonyl (C=O) groups is 2. The van der Waals surface area contributed by atoms with Crippen molar-refractivity contribution >= 4 is 12.1 Å². The fourth-order valence-electron chi connectivity index (χ4n) is 2.36. The molecule has 0 aliphatic carbocycles. The van der Waals surface area contributed by atoms with Crippen molar-refractivity contribution in [2.24, 2.45) is 5.92 Å². The number of rotatable bonds is 5. The van der Waals surface area contributed by atoms with E-state index in [0.717, 1.165) is 25.9 Å². The van der Waals surface area contributed by atoms with Crippen LogP contribution in [0.3, 0.4) is 0 Å². The fraction of sp³-hybridized carbons (Fsp3) is 0.867. The van der Waals surface area contributed by atoms with E-state index in [9.17, 15) is 9.59 Å². The van der Waals surface area contributed by atoms with Gasteiger partial charge in [-0.1, -0.05) is 0 Å². The van der Waals surface area contributed by atoms with Crippen LogP contribution >= 0.6 is 0 Å². The molecule has 6 heteroatoms. The zero-order valence-electron chi connectivity index (χ0n) is 13.5. The Hall–Kier alpha value is -1.30. The van der Waals surface area contributed by atoms with Crippen molar-refractivity contribution in [2.45, 2.75) is 58.6 Å². The van der Waals surface area contributed by atoms with Crippen molar-refractivity contribution in [3.8, 4) is 0 Å². The van der Waals surface area contributed by atoms with Gasteiger partial charge >= 0.3 is 12.1 Å². The zero-order chi connectivity index (χ0) is 15.9. The molecular formula is C15H28N2O4. The lowest BCUT2D eigenvalue weighted by molar-refractivity contribution is -0.146. The van der Waals surface area contributed by atoms with Gasteiger partial charge in [-0.05, 0) is 66.0 Å². The lowest BCUT2D eigenvalue weighted by Gasteiger charge is -2.27. The largest absolute Gasteiger partial charge is 0.464 e. The Balaban J connectivity index is 2.58. The van der Waals surface area contributed by atoms with Crippen LogP contribution in [0.2, 0.25) is 0 Å². The van der Waals surface area contributed by atoms with Crippen LogP contribution in [0.4, 0.5) is 4.79 Å². The summed E-state index contributed by atoms with van der Waals surface area (Å²) in [7, 11) is 0. The molecule has 0 aromatic rings. The van der Waals surface area contributed by atoms with Gasteiger partial charge in [-0.3, -0.25) is 0 Å². The number of nitrogens with one attached hydrogen (secondary N) is 2. The number of hydrogen-bond acceptors (Lipinski definition) is 5. The number of ether oxygens (including phenoxy) is 2. The van der Waals surface area contributed by atoms with Gasteiger partial charge in [0.05, 0.1) is 6.61 Å². The molecule has 1 heterocycles. The molecule has 0 bridgehead atoms. The first kappa shape index (κ1) is 17.8. The van der Waals surface area contributed by atoms with E-state index < -0.39 is 17.7 Å². The molecule has 0 aromatic carbocycles. The summed E-state index contributed by atoms with van der Waals surface area (Å²) >= 11 is 0. The van der Waals surface area contributed by atoms with Crippen LogP contribution in [0.1, 0.15) is 47.0 Å². The standard InChI is InChI=1S/C15H28N2O4/c1-5-20-13(18)12(10-11-6-8-16-9-7-11)17-14(19)21-15(2,3)4/h11-12,16H,5-10H2,1-4H3,(H,17,19). The summed E-state index contributed by atoms with van der Waals surface area (Å²) in [5.41, 5.74) is -0.585. The first-order valence-corrected chi connectivity index (χ1v) is 7.68. The van der Waals surface area contributed by atoms with Gasteiger partial charge in [-0.25, -0.2) is 9.59 Å². The van der Waals surface area contributed by atoms with Gasteiger partial charge in [0.15, 0.2) is 0 Å². The second-order valence-corrected chi connectivity index (χ2v) is 6.38. The maximum absolute atomic E-state index is 12.0. The van der Waals surface area contributed by atoms with Gasteiger partial charge in [0.2, 0.25) is 0 Å². The number of carbonyl (C=O) groups excluding carboxylic acids is 2. The molecule has 1 rings (SSSR count). The van der Waals surface area contributed by atoms with Gasteiger partial charge in [-0.2, -0.15) is 0 Å². The highest BCUT2D eigenvalue weighted by atomic mass is 16.6. The van der Waals surface area contributed by atoms with Gasteiger partial charge in [0, 0.05) is 0 Å². The maximum atomic E-state index is 12.0. The average Bonchev–Trinajstić information content (AvgIpc) is 2.37. The monoisotopic (exact) mass is 300 g/mol. The third-order valence-corrected chi connectivity index (χ3v) is 3.29. The molecule has 1 amide bonds. The van der Waals surface area contributed by atoms with Gasteiger partial charge in [0.1, 0.15) is 11.6 Å². The second-order valence-electron chi connectivity index (χ2n) is 6.38. The fourth-order valence-corrected chi connectivity index (χ4v) is 2.36. The summed E-state index contributed by atoms with van der Waals surface area (Å²) in [5.74, 6) is 0.0254. The zero-order valence-corrected chi connectivity index (χ0v) is 13.5. The van der Waals surface area contributed by atoms with Crippen LogP contribution in [0, 0.1) is 5.92 Å². The first-order chi connectivity index (χ1) is 9.81. The Labute approximate surface area is 126 Å². The normalized spacial score (nSPS) is 17.9. The minimum atomic E-state index is -0.636. The van der Waals surface area contributed by atoms with Crippen molar-refractivity contribution in [3.63, 3.8) is 0 Å². The molecule has 21 heavy (non-hydrogen) atoms. The van der Waals surface area contributed by atoms with Crippen LogP contribution < -0.4 is 10.6 Å². The Morgan fingerprint density at radius 3 is 2.43 bits per heavy atom. The first-order valence-electron chi connectivity index (χ1n) is 7.68. The van der Waals surface area contributed by atoms with Crippen LogP contribution in [-0.4, -0.2) is 43.4 Å². The number of alkyl carbamates (subject to hydrolysis) is 1. The Kier molecular flexibility index (Phi) is 6.95. The number of hydrogen-bond donors (Lipinski definition) is 2. The van der Waals surface area contributed by atoms with E-state index in [-0.39, 0.29) is 5.97 Å². The molecule has 1 fully saturated rings. The van der Waals surface area contributed by atoms with Crippen molar-refractivity contribution in [1.82, 2.24) is 10.6 Å². The molecular weight excluding hydrogens is 272 g/mol. The smallest absolute Gasteiger partial charge is 0.408 e. The van der Waals surface area contributed by atoms with Crippen LogP contribution in [0.5, 0.6) is 0 Å². The van der Waals surface area contributed by atoms with Crippen LogP contribution in [0.25, 0.3) is 0 Å². The van der Waals surface area contributed by atoms with Crippen molar-refractivity contribution in [3.05, 3.63) is 0 Å². The molecule has 1 atom stereocenters. The second kappa shape index (κ2) is 8.22. The molecule has 1 saturated heterocycles. The highest BCUT2D eigenvalue weighted by Crippen LogP contribution is 2.19. The van der Waals surface area contributed by atoms with E-state index in [2.05, 4.69) is 10.6 Å². The van der Waals surface area contributed by atoms with Crippen molar-refractivity contribution < 1.29 is 19.1 Å². The molecule has 1 aliphatic rings. The quantitative estimate of drug-likeness (QED) is 0.758. The van der Waals surface area contributed by atoms with E-state index >= 15 is 0 Å². The summed E-state index contributed by atoms with van der Waals surface area (Å²) < 4.78 is 10.3. The molecule has 0 radical (unpaired) electrons. The van der Waals surface area contributed by atoms with Gasteiger partial charge in [0.25, 0.3) is 0 Å². The molecule has 1 unspecified atom stereocenters. The third kappa shape index (κ3) is 7.32. The van der Waals surface area contributed by atoms with E-state index in [4.69, 9.17) is 9.47 Å². The SMILES string of the molecule is CCOC(=O)C(CC1CCNCC1)NC(=O)OC(C)(C)C. The van der Waals surface area contributed by atoms with Crippen molar-refractivity contribution in [1.29, 1.82) is 0 Å². The molecule has 1 aliphatic heterocycles. The highest BCUT2D eigenvalue weighted by molar-refractivity contribution is 5.81. The molecule has 2 N–H and O–H groups in total. The third-order valence-electron chi connectivity index (χ3n) is 3.29. The summed E-state index contributed by atoms with van der Waals surface area (Å²) in [6, 6.07) is -0.636. The summed E-state index contributed by atoms with van der Waals surface area (Å²) in [6.45, 7) is 9.33. The molecule has 0 aromatic heterocycles. The summed E-state index contributed by atoms with van der Waals surface area (Å²) in [4.78, 5) is 23.9. The lowest BCUT2D eigenvalue weighted by atomic mass is 9.91. The molecule has 0 spiro atoms. The average molecular weight is 300 g/mol. The predicted molar refractivity (Wildman–Crippen MR) is 80.0 cm³/mol. The Morgan fingerprint density at radius 1 is 1.29 bits per heavy atom. The summed E-state index contributed by atoms with van der Waals surface area (Å²) in [5, 5.41) is 5.94. The van der Waals surface area contributed by atoms with E-state index in [1.807, 2.05) is 0 Å². The molecule has 6 nitrogen and oxygen atoms in total. The van der Waals surface area contributed by atoms with Crippen LogP contribution in [0.15, 0.2) is 0 Å². The van der Waals surface area contributed by atoms with E-state index in [1.54, 1.807) is 27.7 Å². The van der Waals surface area contributed by atoms with Crippen LogP contribution in [-0.2, 0) is 14.3 Å². The van der Waals surface area contributed by atoms with Gasteiger partial charge in [-0.15, -0.1) is 0 Å². The van der Waals surface area contributed by atoms with E-state index in [1.165, 1.54) is 0 Å². The molecule has 122 valence electrons. The van der Waals surface area contributed by atoms with E-state index in [0.29, 0.717) is 18.9 Å². The molecule has 0 saturated carbocycles. The minimum absolute atomic E-state index is 0.303. The number of piperidine rings is 1. The Bertz CT molecular complexity index is 346. The summed E-state index contributed by atoms with van der Waals surface area (Å²) in [6.07, 6.45) is 2.03. The topological polar surface area (TPSA) is 76.7 Å². The maximum Gasteiger partial charge on any atom is 0.408 e.